The number of benzene rings is 2. The smallest absolute Gasteiger partial charge is 0.273 e. The molecule has 0 aliphatic rings. The first-order valence-corrected chi connectivity index (χ1v) is 8.40. The Hall–Kier alpha value is -1.68. The van der Waals surface area contributed by atoms with E-state index in [1.54, 1.807) is 18.2 Å². The van der Waals surface area contributed by atoms with E-state index in [4.69, 9.17) is 0 Å². The average molecular weight is 418 g/mol. The predicted octanol–water partition coefficient (Wildman–Crippen LogP) is 3.31. The lowest BCUT2D eigenvalue weighted by molar-refractivity contribution is -0.385. The number of nitro benzene ring substituents is 1. The van der Waals surface area contributed by atoms with Crippen LogP contribution in [0.4, 0.5) is 11.4 Å². The van der Waals surface area contributed by atoms with Crippen LogP contribution in [0.3, 0.4) is 0 Å². The Kier molecular flexibility index (Phi) is 4.47. The fourth-order valence-corrected chi connectivity index (χ4v) is 3.71. The summed E-state index contributed by atoms with van der Waals surface area (Å²) in [6, 6.07) is 10.8. The van der Waals surface area contributed by atoms with Gasteiger partial charge in [0.05, 0.1) is 9.82 Å². The molecule has 0 fully saturated rings. The van der Waals surface area contributed by atoms with Gasteiger partial charge in [-0.3, -0.25) is 14.8 Å². The number of nitro groups is 1. The number of nitrogens with zero attached hydrogens (tertiary/aromatic N) is 1. The predicted molar refractivity (Wildman–Crippen MR) is 87.8 cm³/mol. The minimum Gasteiger partial charge on any atom is -0.280 e. The van der Waals surface area contributed by atoms with Gasteiger partial charge in [0, 0.05) is 20.9 Å². The molecule has 2 aromatic carbocycles. The molecule has 0 aliphatic carbocycles. The van der Waals surface area contributed by atoms with Crippen LogP contribution >= 0.6 is 22.6 Å². The van der Waals surface area contributed by atoms with E-state index in [1.807, 2.05) is 6.07 Å². The summed E-state index contributed by atoms with van der Waals surface area (Å²) >= 11 is 2.07. The van der Waals surface area contributed by atoms with E-state index in [0.29, 0.717) is 5.69 Å². The maximum Gasteiger partial charge on any atom is 0.273 e. The zero-order valence-electron chi connectivity index (χ0n) is 10.9. The molecule has 6 nitrogen and oxygen atoms in total. The summed E-state index contributed by atoms with van der Waals surface area (Å²) < 4.78 is 28.1. The van der Waals surface area contributed by atoms with E-state index in [2.05, 4.69) is 27.3 Å². The van der Waals surface area contributed by atoms with E-state index in [0.717, 1.165) is 3.57 Å². The van der Waals surface area contributed by atoms with E-state index in [-0.39, 0.29) is 16.1 Å². The highest BCUT2D eigenvalue weighted by Gasteiger charge is 2.22. The van der Waals surface area contributed by atoms with Crippen molar-refractivity contribution in [3.05, 3.63) is 61.7 Å². The molecule has 0 radical (unpaired) electrons. The highest BCUT2D eigenvalue weighted by molar-refractivity contribution is 14.1. The Labute approximate surface area is 135 Å². The van der Waals surface area contributed by atoms with Gasteiger partial charge in [0.2, 0.25) is 0 Å². The molecule has 0 saturated heterocycles. The largest absolute Gasteiger partial charge is 0.280 e. The molecule has 0 saturated carbocycles. The van der Waals surface area contributed by atoms with Gasteiger partial charge in [0.15, 0.2) is 0 Å². The molecule has 0 aromatic heterocycles. The van der Waals surface area contributed by atoms with E-state index in [1.165, 1.54) is 25.1 Å². The van der Waals surface area contributed by atoms with Gasteiger partial charge < -0.3 is 0 Å². The SMILES string of the molecule is Cc1c([N+](=O)[O-])cccc1S(=O)(=O)Nc1cccc(I)c1. The summed E-state index contributed by atoms with van der Waals surface area (Å²) in [5.74, 6) is 0. The van der Waals surface area contributed by atoms with Crippen LogP contribution in [0, 0.1) is 20.6 Å². The van der Waals surface area contributed by atoms with Crippen molar-refractivity contribution in [3.8, 4) is 0 Å². The topological polar surface area (TPSA) is 89.3 Å². The highest BCUT2D eigenvalue weighted by Crippen LogP contribution is 2.26. The third-order valence-corrected chi connectivity index (χ3v) is 5.02. The lowest BCUT2D eigenvalue weighted by Gasteiger charge is -2.10. The maximum atomic E-state index is 12.4. The minimum atomic E-state index is -3.87. The molecule has 8 heteroatoms. The zero-order chi connectivity index (χ0) is 15.6. The molecule has 0 aliphatic heterocycles. The molecule has 110 valence electrons. The summed E-state index contributed by atoms with van der Waals surface area (Å²) in [6.07, 6.45) is 0. The third kappa shape index (κ3) is 3.50. The molecule has 0 amide bonds. The number of anilines is 1. The monoisotopic (exact) mass is 418 g/mol. The molecular weight excluding hydrogens is 407 g/mol. The first-order chi connectivity index (χ1) is 9.81. The second-order valence-electron chi connectivity index (χ2n) is 4.27. The maximum absolute atomic E-state index is 12.4. The molecule has 2 rings (SSSR count). The number of nitrogens with one attached hydrogen (secondary N) is 1. The summed E-state index contributed by atoms with van der Waals surface area (Å²) in [7, 11) is -3.87. The number of hydrogen-bond donors (Lipinski definition) is 1. The van der Waals surface area contributed by atoms with Crippen LogP contribution in [0.25, 0.3) is 0 Å². The van der Waals surface area contributed by atoms with E-state index >= 15 is 0 Å². The standard InChI is InChI=1S/C13H11IN2O4S/c1-9-12(16(17)18)6-3-7-13(9)21(19,20)15-11-5-2-4-10(14)8-11/h2-8,15H,1H3. The molecule has 0 bridgehead atoms. The van der Waals surface area contributed by atoms with Crippen LogP contribution in [0.2, 0.25) is 0 Å². The van der Waals surface area contributed by atoms with Crippen molar-refractivity contribution in [1.82, 2.24) is 0 Å². The minimum absolute atomic E-state index is 0.101. The lowest BCUT2D eigenvalue weighted by atomic mass is 10.2. The highest BCUT2D eigenvalue weighted by atomic mass is 127. The van der Waals surface area contributed by atoms with Gasteiger partial charge in [0.25, 0.3) is 15.7 Å². The molecular formula is C13H11IN2O4S. The fraction of sp³-hybridized carbons (Fsp3) is 0.0769. The Morgan fingerprint density at radius 1 is 1.19 bits per heavy atom. The third-order valence-electron chi connectivity index (χ3n) is 2.82. The van der Waals surface area contributed by atoms with Gasteiger partial charge in [-0.05, 0) is 53.8 Å². The summed E-state index contributed by atoms with van der Waals surface area (Å²) in [4.78, 5) is 10.2. The Balaban J connectivity index is 2.45. The zero-order valence-corrected chi connectivity index (χ0v) is 13.9. The Morgan fingerprint density at radius 3 is 2.48 bits per heavy atom. The van der Waals surface area contributed by atoms with Crippen molar-refractivity contribution in [2.45, 2.75) is 11.8 Å². The average Bonchev–Trinajstić information content (AvgIpc) is 2.37. The molecule has 0 spiro atoms. The normalized spacial score (nSPS) is 11.1. The summed E-state index contributed by atoms with van der Waals surface area (Å²) in [6.45, 7) is 1.42. The van der Waals surface area contributed by atoms with Crippen molar-refractivity contribution in [3.63, 3.8) is 0 Å². The quantitative estimate of drug-likeness (QED) is 0.469. The summed E-state index contributed by atoms with van der Waals surface area (Å²) in [5, 5.41) is 10.9. The lowest BCUT2D eigenvalue weighted by Crippen LogP contribution is -2.15. The molecule has 1 N–H and O–H groups in total. The molecule has 0 unspecified atom stereocenters. The second-order valence-corrected chi connectivity index (χ2v) is 7.17. The number of halogens is 1. The molecule has 21 heavy (non-hydrogen) atoms. The van der Waals surface area contributed by atoms with Crippen molar-refractivity contribution in [2.24, 2.45) is 0 Å². The first kappa shape index (κ1) is 15.7. The Bertz CT molecular complexity index is 806. The molecule has 0 heterocycles. The van der Waals surface area contributed by atoms with Gasteiger partial charge in [-0.15, -0.1) is 0 Å². The van der Waals surface area contributed by atoms with Crippen LogP contribution in [0.5, 0.6) is 0 Å². The summed E-state index contributed by atoms with van der Waals surface area (Å²) in [5.41, 5.74) is 0.300. The second kappa shape index (κ2) is 5.98. The van der Waals surface area contributed by atoms with Crippen molar-refractivity contribution >= 4 is 44.0 Å². The van der Waals surface area contributed by atoms with Gasteiger partial charge in [-0.1, -0.05) is 12.1 Å². The van der Waals surface area contributed by atoms with Crippen LogP contribution in [0.15, 0.2) is 47.4 Å². The van der Waals surface area contributed by atoms with Gasteiger partial charge >= 0.3 is 0 Å². The van der Waals surface area contributed by atoms with E-state index < -0.39 is 14.9 Å². The van der Waals surface area contributed by atoms with Crippen molar-refractivity contribution in [1.29, 1.82) is 0 Å². The first-order valence-electron chi connectivity index (χ1n) is 5.83. The van der Waals surface area contributed by atoms with Crippen LogP contribution < -0.4 is 4.72 Å². The molecule has 2 aromatic rings. The number of rotatable bonds is 4. The van der Waals surface area contributed by atoms with Gasteiger partial charge in [0.1, 0.15) is 0 Å². The fourth-order valence-electron chi connectivity index (χ4n) is 1.85. The van der Waals surface area contributed by atoms with Gasteiger partial charge in [-0.2, -0.15) is 0 Å². The van der Waals surface area contributed by atoms with Crippen LogP contribution in [0.1, 0.15) is 5.56 Å². The number of sulfonamides is 1. The van der Waals surface area contributed by atoms with E-state index in [9.17, 15) is 18.5 Å². The van der Waals surface area contributed by atoms with Gasteiger partial charge in [-0.25, -0.2) is 8.42 Å². The van der Waals surface area contributed by atoms with Crippen LogP contribution in [-0.2, 0) is 10.0 Å². The van der Waals surface area contributed by atoms with Crippen molar-refractivity contribution in [2.75, 3.05) is 4.72 Å². The molecule has 0 atom stereocenters. The number of hydrogen-bond acceptors (Lipinski definition) is 4. The van der Waals surface area contributed by atoms with Crippen molar-refractivity contribution < 1.29 is 13.3 Å². The Morgan fingerprint density at radius 2 is 1.86 bits per heavy atom. The van der Waals surface area contributed by atoms with Crippen LogP contribution in [-0.4, -0.2) is 13.3 Å².